The molecule has 2 aromatic rings. The van der Waals surface area contributed by atoms with E-state index in [0.717, 1.165) is 34.6 Å². The predicted molar refractivity (Wildman–Crippen MR) is 101 cm³/mol. The predicted octanol–water partition coefficient (Wildman–Crippen LogP) is 2.33. The maximum absolute atomic E-state index is 13.2. The number of carbonyl (C=O) groups is 3. The molecule has 1 fully saturated rings. The Bertz CT molecular complexity index is 951. The van der Waals surface area contributed by atoms with Gasteiger partial charge >= 0.3 is 6.03 Å². The van der Waals surface area contributed by atoms with Gasteiger partial charge in [-0.3, -0.25) is 14.5 Å². The summed E-state index contributed by atoms with van der Waals surface area (Å²) in [5.74, 6) is 0.755. The molecular formula is C21H23N3O4. The second-order valence-electron chi connectivity index (χ2n) is 7.50. The Morgan fingerprint density at radius 3 is 2.79 bits per heavy atom. The Balaban J connectivity index is 1.51. The number of aryl methyl sites for hydroxylation is 2. The summed E-state index contributed by atoms with van der Waals surface area (Å²) in [5.41, 5.74) is 0.859. The second-order valence-corrected chi connectivity index (χ2v) is 7.50. The molecule has 1 aliphatic heterocycles. The van der Waals surface area contributed by atoms with E-state index in [1.54, 1.807) is 13.1 Å². The van der Waals surface area contributed by atoms with Crippen LogP contribution in [0.4, 0.5) is 4.79 Å². The number of fused-ring (bicyclic) bond motifs is 2. The topological polar surface area (TPSA) is 82.9 Å². The molecule has 2 aliphatic rings. The van der Waals surface area contributed by atoms with E-state index in [4.69, 9.17) is 4.42 Å². The number of amides is 4. The zero-order valence-corrected chi connectivity index (χ0v) is 16.0. The average Bonchev–Trinajstić information content (AvgIpc) is 3.18. The number of nitrogens with zero attached hydrogens (tertiary/aromatic N) is 2. The summed E-state index contributed by atoms with van der Waals surface area (Å²) in [4.78, 5) is 40.9. The Labute approximate surface area is 163 Å². The first-order valence-electron chi connectivity index (χ1n) is 9.42. The zero-order valence-electron chi connectivity index (χ0n) is 16.0. The molecule has 1 aliphatic carbocycles. The Hall–Kier alpha value is -3.09. The van der Waals surface area contributed by atoms with Crippen molar-refractivity contribution in [2.75, 3.05) is 13.6 Å². The van der Waals surface area contributed by atoms with Crippen molar-refractivity contribution in [2.24, 2.45) is 0 Å². The maximum atomic E-state index is 13.2. The van der Waals surface area contributed by atoms with Crippen LogP contribution in [0.1, 0.15) is 35.5 Å². The van der Waals surface area contributed by atoms with Crippen LogP contribution in [0, 0.1) is 6.92 Å². The van der Waals surface area contributed by atoms with Gasteiger partial charge in [0.25, 0.3) is 5.91 Å². The number of imide groups is 1. The molecule has 2 heterocycles. The van der Waals surface area contributed by atoms with Crippen LogP contribution in [0.2, 0.25) is 0 Å². The normalized spacial score (nSPS) is 21.0. The lowest BCUT2D eigenvalue weighted by molar-refractivity contribution is -0.139. The molecule has 0 radical (unpaired) electrons. The molecular weight excluding hydrogens is 358 g/mol. The van der Waals surface area contributed by atoms with Gasteiger partial charge in [0.05, 0.1) is 6.54 Å². The van der Waals surface area contributed by atoms with Gasteiger partial charge in [-0.1, -0.05) is 24.3 Å². The third-order valence-corrected chi connectivity index (χ3v) is 5.56. The van der Waals surface area contributed by atoms with Gasteiger partial charge in [-0.15, -0.1) is 0 Å². The summed E-state index contributed by atoms with van der Waals surface area (Å²) in [6.45, 7) is 1.83. The Morgan fingerprint density at radius 2 is 2.04 bits per heavy atom. The fraction of sp³-hybridized carbons (Fsp3) is 0.381. The van der Waals surface area contributed by atoms with Crippen molar-refractivity contribution in [1.82, 2.24) is 15.1 Å². The van der Waals surface area contributed by atoms with E-state index in [-0.39, 0.29) is 24.9 Å². The molecule has 1 unspecified atom stereocenters. The summed E-state index contributed by atoms with van der Waals surface area (Å²) in [6.07, 6.45) is 2.23. The highest BCUT2D eigenvalue weighted by atomic mass is 16.3. The number of carbonyl (C=O) groups excluding carboxylic acids is 3. The van der Waals surface area contributed by atoms with Crippen molar-refractivity contribution in [1.29, 1.82) is 0 Å². The molecule has 4 rings (SSSR count). The summed E-state index contributed by atoms with van der Waals surface area (Å²) < 4.78 is 5.49. The first-order valence-corrected chi connectivity index (χ1v) is 9.42. The van der Waals surface area contributed by atoms with E-state index in [0.29, 0.717) is 12.2 Å². The Morgan fingerprint density at radius 1 is 1.25 bits per heavy atom. The third kappa shape index (κ3) is 2.96. The highest BCUT2D eigenvalue weighted by molar-refractivity contribution is 6.09. The number of rotatable bonds is 4. The minimum Gasteiger partial charge on any atom is -0.464 e. The van der Waals surface area contributed by atoms with E-state index >= 15 is 0 Å². The lowest BCUT2D eigenvalue weighted by Crippen LogP contribution is -2.47. The monoisotopic (exact) mass is 381 g/mol. The van der Waals surface area contributed by atoms with E-state index in [2.05, 4.69) is 5.32 Å². The number of nitrogens with one attached hydrogen (secondary N) is 1. The fourth-order valence-corrected chi connectivity index (χ4v) is 4.10. The smallest absolute Gasteiger partial charge is 0.325 e. The lowest BCUT2D eigenvalue weighted by atomic mass is 9.76. The lowest BCUT2D eigenvalue weighted by Gasteiger charge is -2.33. The van der Waals surface area contributed by atoms with Crippen LogP contribution < -0.4 is 5.32 Å². The SMILES string of the molecule is Cc1ccc(CN(C)C(=O)CN2C(=O)NC3(CCCc4ccccc43)C2=O)o1. The number of hydrogen-bond donors (Lipinski definition) is 1. The molecule has 1 aromatic heterocycles. The minimum absolute atomic E-state index is 0.282. The quantitative estimate of drug-likeness (QED) is 0.824. The van der Waals surface area contributed by atoms with Gasteiger partial charge < -0.3 is 14.6 Å². The molecule has 1 saturated heterocycles. The van der Waals surface area contributed by atoms with Crippen molar-refractivity contribution in [3.05, 3.63) is 59.0 Å². The van der Waals surface area contributed by atoms with E-state index < -0.39 is 11.6 Å². The largest absolute Gasteiger partial charge is 0.464 e. The molecule has 1 aromatic carbocycles. The standard InChI is InChI=1S/C21H23N3O4/c1-14-9-10-16(28-14)12-23(2)18(25)13-24-19(26)21(22-20(24)27)11-5-7-15-6-3-4-8-17(15)21/h3-4,6,8-10H,5,7,11-13H2,1-2H3,(H,22,27). The van der Waals surface area contributed by atoms with Crippen LogP contribution in [-0.4, -0.2) is 41.2 Å². The van der Waals surface area contributed by atoms with Crippen molar-refractivity contribution < 1.29 is 18.8 Å². The highest BCUT2D eigenvalue weighted by Crippen LogP contribution is 2.39. The number of furan rings is 1. The summed E-state index contributed by atoms with van der Waals surface area (Å²) in [5, 5.41) is 2.87. The number of hydrogen-bond acceptors (Lipinski definition) is 4. The molecule has 7 heteroatoms. The number of likely N-dealkylation sites (N-methyl/N-ethyl adjacent to an activating group) is 1. The molecule has 28 heavy (non-hydrogen) atoms. The van der Waals surface area contributed by atoms with Gasteiger partial charge in [-0.25, -0.2) is 4.79 Å². The molecule has 4 amide bonds. The number of benzene rings is 1. The molecule has 1 atom stereocenters. The van der Waals surface area contributed by atoms with Crippen LogP contribution in [0.3, 0.4) is 0 Å². The minimum atomic E-state index is -1.05. The molecule has 7 nitrogen and oxygen atoms in total. The molecule has 0 bridgehead atoms. The first kappa shape index (κ1) is 18.3. The fourth-order valence-electron chi connectivity index (χ4n) is 4.10. The first-order chi connectivity index (χ1) is 13.4. The summed E-state index contributed by atoms with van der Waals surface area (Å²) in [7, 11) is 1.63. The summed E-state index contributed by atoms with van der Waals surface area (Å²) in [6, 6.07) is 10.8. The number of urea groups is 1. The second kappa shape index (κ2) is 6.82. The van der Waals surface area contributed by atoms with Crippen LogP contribution in [0.25, 0.3) is 0 Å². The van der Waals surface area contributed by atoms with Gasteiger partial charge in [-0.2, -0.15) is 0 Å². The average molecular weight is 381 g/mol. The van der Waals surface area contributed by atoms with Crippen LogP contribution in [0.5, 0.6) is 0 Å². The maximum Gasteiger partial charge on any atom is 0.325 e. The highest BCUT2D eigenvalue weighted by Gasteiger charge is 2.54. The van der Waals surface area contributed by atoms with Crippen molar-refractivity contribution in [3.8, 4) is 0 Å². The van der Waals surface area contributed by atoms with Crippen molar-refractivity contribution >= 4 is 17.8 Å². The van der Waals surface area contributed by atoms with Crippen LogP contribution in [-0.2, 0) is 28.1 Å². The van der Waals surface area contributed by atoms with Crippen molar-refractivity contribution in [2.45, 2.75) is 38.3 Å². The molecule has 0 saturated carbocycles. The van der Waals surface area contributed by atoms with E-state index in [1.165, 1.54) is 4.90 Å². The van der Waals surface area contributed by atoms with Crippen molar-refractivity contribution in [3.63, 3.8) is 0 Å². The molecule has 146 valence electrons. The van der Waals surface area contributed by atoms with Gasteiger partial charge in [0.1, 0.15) is 23.6 Å². The Kier molecular flexibility index (Phi) is 4.45. The van der Waals surface area contributed by atoms with Gasteiger partial charge in [-0.05, 0) is 49.4 Å². The molecule has 1 N–H and O–H groups in total. The van der Waals surface area contributed by atoms with Gasteiger partial charge in [0.2, 0.25) is 5.91 Å². The van der Waals surface area contributed by atoms with E-state index in [1.807, 2.05) is 37.3 Å². The van der Waals surface area contributed by atoms with Gasteiger partial charge in [0, 0.05) is 7.05 Å². The zero-order chi connectivity index (χ0) is 19.9. The molecule has 1 spiro atoms. The third-order valence-electron chi connectivity index (χ3n) is 5.56. The van der Waals surface area contributed by atoms with Crippen LogP contribution in [0.15, 0.2) is 40.8 Å². The van der Waals surface area contributed by atoms with Crippen LogP contribution >= 0.6 is 0 Å². The van der Waals surface area contributed by atoms with E-state index in [9.17, 15) is 14.4 Å². The summed E-state index contributed by atoms with van der Waals surface area (Å²) >= 11 is 0. The van der Waals surface area contributed by atoms with Gasteiger partial charge in [0.15, 0.2) is 0 Å².